The van der Waals surface area contributed by atoms with Gasteiger partial charge in [0.05, 0.1) is 22.7 Å². The number of benzene rings is 3. The van der Waals surface area contributed by atoms with Crippen molar-refractivity contribution >= 4 is 35.4 Å². The Morgan fingerprint density at radius 3 is 2.55 bits per heavy atom. The van der Waals surface area contributed by atoms with Crippen molar-refractivity contribution in [3.05, 3.63) is 100.0 Å². The van der Waals surface area contributed by atoms with Crippen molar-refractivity contribution in [1.82, 2.24) is 0 Å². The van der Waals surface area contributed by atoms with E-state index in [9.17, 15) is 14.7 Å². The number of aryl methyl sites for hydroxylation is 1. The van der Waals surface area contributed by atoms with E-state index in [2.05, 4.69) is 0 Å². The predicted molar refractivity (Wildman–Crippen MR) is 116 cm³/mol. The maximum Gasteiger partial charge on any atom is 0.335 e. The molecule has 0 unspecified atom stereocenters. The molecule has 29 heavy (non-hydrogen) atoms. The summed E-state index contributed by atoms with van der Waals surface area (Å²) in [7, 11) is 0. The van der Waals surface area contributed by atoms with Gasteiger partial charge >= 0.3 is 5.97 Å². The van der Waals surface area contributed by atoms with E-state index >= 15 is 0 Å². The molecule has 0 spiro atoms. The molecule has 1 aliphatic heterocycles. The second-order valence-corrected chi connectivity index (χ2v) is 7.97. The molecule has 1 heterocycles. The molecule has 0 aromatic heterocycles. The summed E-state index contributed by atoms with van der Waals surface area (Å²) in [6.07, 6.45) is 1.88. The van der Waals surface area contributed by atoms with Crippen LogP contribution >= 0.6 is 11.8 Å². The van der Waals surface area contributed by atoms with Gasteiger partial charge in [0.25, 0.3) is 5.91 Å². The normalized spacial score (nSPS) is 14.7. The molecule has 1 aliphatic rings. The number of fused-ring (bicyclic) bond motifs is 1. The number of thioether (sulfide) groups is 1. The lowest BCUT2D eigenvalue weighted by Gasteiger charge is -2.31. The summed E-state index contributed by atoms with van der Waals surface area (Å²) in [5.41, 5.74) is 3.86. The van der Waals surface area contributed by atoms with Crippen molar-refractivity contribution in [2.24, 2.45) is 0 Å². The first-order valence-corrected chi connectivity index (χ1v) is 10.0. The largest absolute Gasteiger partial charge is 0.478 e. The number of anilines is 1. The molecule has 4 nitrogen and oxygen atoms in total. The topological polar surface area (TPSA) is 57.6 Å². The highest BCUT2D eigenvalue weighted by Crippen LogP contribution is 2.43. The van der Waals surface area contributed by atoms with Crippen molar-refractivity contribution in [3.8, 4) is 0 Å². The van der Waals surface area contributed by atoms with Gasteiger partial charge in [0.15, 0.2) is 0 Å². The number of hydrogen-bond donors (Lipinski definition) is 1. The van der Waals surface area contributed by atoms with E-state index in [1.807, 2.05) is 67.6 Å². The lowest BCUT2D eigenvalue weighted by molar-refractivity contribution is -0.114. The molecule has 0 aliphatic carbocycles. The van der Waals surface area contributed by atoms with Crippen molar-refractivity contribution < 1.29 is 14.7 Å². The Balaban J connectivity index is 1.79. The molecule has 3 aromatic rings. The molecule has 0 saturated heterocycles. The zero-order valence-corrected chi connectivity index (χ0v) is 16.6. The van der Waals surface area contributed by atoms with Gasteiger partial charge in [-0.05, 0) is 42.3 Å². The molecule has 0 saturated carbocycles. The van der Waals surface area contributed by atoms with Gasteiger partial charge in [0, 0.05) is 4.90 Å². The maximum absolute atomic E-state index is 13.4. The van der Waals surface area contributed by atoms with Crippen LogP contribution in [0.15, 0.2) is 82.6 Å². The van der Waals surface area contributed by atoms with Crippen molar-refractivity contribution in [1.29, 1.82) is 0 Å². The van der Waals surface area contributed by atoms with Crippen LogP contribution in [0.4, 0.5) is 5.69 Å². The van der Waals surface area contributed by atoms with Gasteiger partial charge in [0.2, 0.25) is 0 Å². The SMILES string of the molecule is Cc1cccc(CN2C(=O)C(=Cc3ccccc3)Sc3ccc(C(=O)O)cc32)c1. The number of carboxylic acids is 1. The fraction of sp³-hybridized carbons (Fsp3) is 0.0833. The van der Waals surface area contributed by atoms with Gasteiger partial charge in [-0.3, -0.25) is 4.79 Å². The third kappa shape index (κ3) is 4.10. The Bertz CT molecular complexity index is 1120. The minimum Gasteiger partial charge on any atom is -0.478 e. The Labute approximate surface area is 173 Å². The second-order valence-electron chi connectivity index (χ2n) is 6.89. The molecule has 0 radical (unpaired) electrons. The van der Waals surface area contributed by atoms with Crippen LogP contribution < -0.4 is 4.90 Å². The summed E-state index contributed by atoms with van der Waals surface area (Å²) in [6, 6.07) is 22.6. The van der Waals surface area contributed by atoms with E-state index in [1.165, 1.54) is 11.8 Å². The van der Waals surface area contributed by atoms with E-state index < -0.39 is 5.97 Å². The molecular formula is C24H19NO3S. The Morgan fingerprint density at radius 2 is 1.83 bits per heavy atom. The summed E-state index contributed by atoms with van der Waals surface area (Å²) < 4.78 is 0. The molecule has 1 N–H and O–H groups in total. The molecule has 144 valence electrons. The van der Waals surface area contributed by atoms with Crippen LogP contribution in [0.1, 0.15) is 27.0 Å². The zero-order valence-electron chi connectivity index (χ0n) is 15.8. The molecule has 3 aromatic carbocycles. The number of aromatic carboxylic acids is 1. The van der Waals surface area contributed by atoms with Crippen molar-refractivity contribution in [2.45, 2.75) is 18.4 Å². The molecule has 0 atom stereocenters. The summed E-state index contributed by atoms with van der Waals surface area (Å²) in [4.78, 5) is 28.0. The summed E-state index contributed by atoms with van der Waals surface area (Å²) in [6.45, 7) is 2.39. The van der Waals surface area contributed by atoms with Crippen LogP contribution in [0, 0.1) is 6.92 Å². The average Bonchev–Trinajstić information content (AvgIpc) is 2.71. The number of rotatable bonds is 4. The van der Waals surface area contributed by atoms with Crippen LogP contribution in [0.5, 0.6) is 0 Å². The molecule has 0 fully saturated rings. The lowest BCUT2D eigenvalue weighted by Crippen LogP contribution is -2.34. The predicted octanol–water partition coefficient (Wildman–Crippen LogP) is 5.37. The van der Waals surface area contributed by atoms with E-state index in [0.29, 0.717) is 17.1 Å². The van der Waals surface area contributed by atoms with Gasteiger partial charge in [0.1, 0.15) is 0 Å². The fourth-order valence-electron chi connectivity index (χ4n) is 3.29. The highest BCUT2D eigenvalue weighted by molar-refractivity contribution is 8.04. The minimum atomic E-state index is -1.01. The highest BCUT2D eigenvalue weighted by atomic mass is 32.2. The molecular weight excluding hydrogens is 382 g/mol. The number of amides is 1. The number of carboxylic acid groups (broad SMARTS) is 1. The number of carbonyl (C=O) groups excluding carboxylic acids is 1. The summed E-state index contributed by atoms with van der Waals surface area (Å²) in [5, 5.41) is 9.39. The van der Waals surface area contributed by atoms with Crippen LogP contribution in [-0.2, 0) is 11.3 Å². The molecule has 4 rings (SSSR count). The molecule has 1 amide bonds. The first-order chi connectivity index (χ1) is 14.0. The first kappa shape index (κ1) is 19.0. The number of nitrogens with zero attached hydrogens (tertiary/aromatic N) is 1. The van der Waals surface area contributed by atoms with Crippen LogP contribution in [0.25, 0.3) is 6.08 Å². The fourth-order valence-corrected chi connectivity index (χ4v) is 4.33. The molecule has 0 bridgehead atoms. The van der Waals surface area contributed by atoms with Gasteiger partial charge in [-0.1, -0.05) is 71.9 Å². The van der Waals surface area contributed by atoms with Crippen LogP contribution in [0.3, 0.4) is 0 Å². The number of carbonyl (C=O) groups is 2. The van der Waals surface area contributed by atoms with Gasteiger partial charge in [-0.2, -0.15) is 0 Å². The summed E-state index contributed by atoms with van der Waals surface area (Å²) in [5.74, 6) is -1.14. The molecule has 5 heteroatoms. The average molecular weight is 401 g/mol. The Hall–Kier alpha value is -3.31. The van der Waals surface area contributed by atoms with Gasteiger partial charge in [-0.15, -0.1) is 0 Å². The Morgan fingerprint density at radius 1 is 1.03 bits per heavy atom. The standard InChI is InChI=1S/C24H19NO3S/c1-16-6-5-9-18(12-16)15-25-20-14-19(24(27)28)10-11-21(20)29-22(23(25)26)13-17-7-3-2-4-8-17/h2-14H,15H2,1H3,(H,27,28). The van der Waals surface area contributed by atoms with Gasteiger partial charge < -0.3 is 10.0 Å². The van der Waals surface area contributed by atoms with Gasteiger partial charge in [-0.25, -0.2) is 4.79 Å². The van der Waals surface area contributed by atoms with Crippen LogP contribution in [-0.4, -0.2) is 17.0 Å². The monoisotopic (exact) mass is 401 g/mol. The lowest BCUT2D eigenvalue weighted by atomic mass is 10.1. The Kier molecular flexibility index (Phi) is 5.23. The second kappa shape index (κ2) is 7.97. The quantitative estimate of drug-likeness (QED) is 0.597. The maximum atomic E-state index is 13.4. The minimum absolute atomic E-state index is 0.129. The third-order valence-corrected chi connectivity index (χ3v) is 5.77. The van der Waals surface area contributed by atoms with E-state index in [-0.39, 0.29) is 11.5 Å². The van der Waals surface area contributed by atoms with E-state index in [4.69, 9.17) is 0 Å². The highest BCUT2D eigenvalue weighted by Gasteiger charge is 2.30. The van der Waals surface area contributed by atoms with E-state index in [1.54, 1.807) is 23.1 Å². The smallest absolute Gasteiger partial charge is 0.335 e. The zero-order chi connectivity index (χ0) is 20.4. The first-order valence-electron chi connectivity index (χ1n) is 9.20. The summed E-state index contributed by atoms with van der Waals surface area (Å²) >= 11 is 1.37. The van der Waals surface area contributed by atoms with Crippen molar-refractivity contribution in [2.75, 3.05) is 4.90 Å². The third-order valence-electron chi connectivity index (χ3n) is 4.69. The van der Waals surface area contributed by atoms with E-state index in [0.717, 1.165) is 21.6 Å². The van der Waals surface area contributed by atoms with Crippen molar-refractivity contribution in [3.63, 3.8) is 0 Å². The number of hydrogen-bond acceptors (Lipinski definition) is 3. The van der Waals surface area contributed by atoms with Crippen LogP contribution in [0.2, 0.25) is 0 Å².